The van der Waals surface area contributed by atoms with Crippen molar-refractivity contribution in [3.05, 3.63) is 24.0 Å². The van der Waals surface area contributed by atoms with Gasteiger partial charge in [0.2, 0.25) is 0 Å². The first-order valence-corrected chi connectivity index (χ1v) is 5.46. The molecule has 1 aromatic rings. The van der Waals surface area contributed by atoms with Crippen molar-refractivity contribution < 1.29 is 9.53 Å². The Kier molecular flexibility index (Phi) is 3.19. The molecule has 1 aliphatic heterocycles. The van der Waals surface area contributed by atoms with Crippen molar-refractivity contribution in [2.45, 2.75) is 19.4 Å². The van der Waals surface area contributed by atoms with Crippen LogP contribution in [0.3, 0.4) is 0 Å². The first kappa shape index (κ1) is 11.1. The monoisotopic (exact) mass is 220 g/mol. The van der Waals surface area contributed by atoms with Crippen LogP contribution in [0.25, 0.3) is 0 Å². The maximum absolute atomic E-state index is 11.1. The highest BCUT2D eigenvalue weighted by molar-refractivity contribution is 5.92. The Balaban J connectivity index is 2.11. The molecule has 1 fully saturated rings. The molecular weight excluding hydrogens is 204 g/mol. The number of ketones is 1. The molecule has 1 aromatic heterocycles. The Hall–Kier alpha value is -1.42. The topological polar surface area (TPSA) is 42.4 Å². The number of hydrogen-bond donors (Lipinski definition) is 0. The van der Waals surface area contributed by atoms with Gasteiger partial charge >= 0.3 is 0 Å². The van der Waals surface area contributed by atoms with Gasteiger partial charge in [-0.2, -0.15) is 0 Å². The van der Waals surface area contributed by atoms with E-state index in [4.69, 9.17) is 4.74 Å². The highest BCUT2D eigenvalue weighted by Gasteiger charge is 2.20. The normalized spacial score (nSPS) is 19.8. The number of ether oxygens (including phenoxy) is 1. The average Bonchev–Trinajstić information content (AvgIpc) is 2.81. The van der Waals surface area contributed by atoms with Gasteiger partial charge in [0.05, 0.1) is 24.5 Å². The Bertz CT molecular complexity index is 369. The molecule has 0 aromatic carbocycles. The van der Waals surface area contributed by atoms with Gasteiger partial charge in [0.1, 0.15) is 5.69 Å². The van der Waals surface area contributed by atoms with Crippen molar-refractivity contribution in [3.8, 4) is 0 Å². The van der Waals surface area contributed by atoms with E-state index in [1.165, 1.54) is 6.92 Å². The molecule has 86 valence electrons. The predicted octanol–water partition coefficient (Wildman–Crippen LogP) is 1.51. The molecule has 1 unspecified atom stereocenters. The third-order valence-electron chi connectivity index (χ3n) is 2.97. The number of Topliss-reactive ketones (excluding diaryl/α,β-unsaturated/α-hetero) is 1. The molecule has 0 amide bonds. The summed E-state index contributed by atoms with van der Waals surface area (Å²) in [4.78, 5) is 17.4. The van der Waals surface area contributed by atoms with Crippen LogP contribution < -0.4 is 4.90 Å². The van der Waals surface area contributed by atoms with E-state index in [-0.39, 0.29) is 5.78 Å². The number of rotatable bonds is 3. The van der Waals surface area contributed by atoms with E-state index < -0.39 is 0 Å². The zero-order valence-corrected chi connectivity index (χ0v) is 9.64. The predicted molar refractivity (Wildman–Crippen MR) is 61.9 cm³/mol. The van der Waals surface area contributed by atoms with Gasteiger partial charge in [0.25, 0.3) is 0 Å². The summed E-state index contributed by atoms with van der Waals surface area (Å²) in [5.74, 6) is -0.00148. The van der Waals surface area contributed by atoms with Gasteiger partial charge in [-0.25, -0.2) is 0 Å². The van der Waals surface area contributed by atoms with E-state index >= 15 is 0 Å². The number of hydrogen-bond acceptors (Lipinski definition) is 4. The van der Waals surface area contributed by atoms with Crippen LogP contribution in [0.1, 0.15) is 23.8 Å². The molecule has 16 heavy (non-hydrogen) atoms. The third-order valence-corrected chi connectivity index (χ3v) is 2.97. The van der Waals surface area contributed by atoms with Crippen LogP contribution in [-0.2, 0) is 4.74 Å². The van der Waals surface area contributed by atoms with Gasteiger partial charge in [-0.1, -0.05) is 0 Å². The van der Waals surface area contributed by atoms with Gasteiger partial charge in [-0.3, -0.25) is 9.78 Å². The van der Waals surface area contributed by atoms with E-state index in [0.29, 0.717) is 11.7 Å². The van der Waals surface area contributed by atoms with Crippen LogP contribution in [0.4, 0.5) is 5.69 Å². The van der Waals surface area contributed by atoms with Crippen LogP contribution >= 0.6 is 0 Å². The van der Waals surface area contributed by atoms with Gasteiger partial charge in [0.15, 0.2) is 5.78 Å². The number of carbonyl (C=O) groups is 1. The van der Waals surface area contributed by atoms with Crippen molar-refractivity contribution >= 4 is 11.5 Å². The Morgan fingerprint density at radius 3 is 2.88 bits per heavy atom. The van der Waals surface area contributed by atoms with Crippen LogP contribution in [-0.4, -0.2) is 37.1 Å². The lowest BCUT2D eigenvalue weighted by atomic mass is 10.2. The van der Waals surface area contributed by atoms with Gasteiger partial charge in [0, 0.05) is 20.6 Å². The molecule has 2 rings (SSSR count). The Morgan fingerprint density at radius 1 is 1.56 bits per heavy atom. The van der Waals surface area contributed by atoms with Crippen molar-refractivity contribution in [1.82, 2.24) is 4.98 Å². The van der Waals surface area contributed by atoms with Crippen molar-refractivity contribution in [3.63, 3.8) is 0 Å². The Labute approximate surface area is 95.2 Å². The molecule has 0 radical (unpaired) electrons. The summed E-state index contributed by atoms with van der Waals surface area (Å²) in [7, 11) is 2.03. The molecule has 0 saturated carbocycles. The Morgan fingerprint density at radius 2 is 2.38 bits per heavy atom. The number of aromatic nitrogens is 1. The van der Waals surface area contributed by atoms with Gasteiger partial charge in [-0.05, 0) is 18.6 Å². The second-order valence-corrected chi connectivity index (χ2v) is 4.09. The molecule has 2 heterocycles. The fourth-order valence-electron chi connectivity index (χ4n) is 1.84. The van der Waals surface area contributed by atoms with E-state index in [9.17, 15) is 4.79 Å². The average molecular weight is 220 g/mol. The summed E-state index contributed by atoms with van der Waals surface area (Å²) in [5.41, 5.74) is 1.54. The zero-order valence-electron chi connectivity index (χ0n) is 9.64. The summed E-state index contributed by atoms with van der Waals surface area (Å²) < 4.78 is 5.35. The van der Waals surface area contributed by atoms with Gasteiger partial charge in [-0.15, -0.1) is 0 Å². The number of likely N-dealkylation sites (N-methyl/N-ethyl adjacent to an activating group) is 1. The SMILES string of the molecule is CC(=O)c1ccc(N(C)C2CCOC2)cn1. The van der Waals surface area contributed by atoms with Crippen LogP contribution in [0.5, 0.6) is 0 Å². The maximum Gasteiger partial charge on any atom is 0.178 e. The number of pyridine rings is 1. The minimum absolute atomic E-state index is 0.00148. The highest BCUT2D eigenvalue weighted by atomic mass is 16.5. The van der Waals surface area contributed by atoms with Crippen LogP contribution in [0.15, 0.2) is 18.3 Å². The minimum atomic E-state index is -0.00148. The van der Waals surface area contributed by atoms with Crippen LogP contribution in [0, 0.1) is 0 Å². The lowest BCUT2D eigenvalue weighted by Crippen LogP contribution is -2.31. The largest absolute Gasteiger partial charge is 0.379 e. The van der Waals surface area contributed by atoms with Crippen molar-refractivity contribution in [2.75, 3.05) is 25.2 Å². The quantitative estimate of drug-likeness (QED) is 0.724. The van der Waals surface area contributed by atoms with E-state index in [1.807, 2.05) is 13.1 Å². The van der Waals surface area contributed by atoms with Gasteiger partial charge < -0.3 is 9.64 Å². The molecule has 1 atom stereocenters. The standard InChI is InChI=1S/C12H16N2O2/c1-9(15)12-4-3-10(7-13-12)14(2)11-5-6-16-8-11/h3-4,7,11H,5-6,8H2,1-2H3. The van der Waals surface area contributed by atoms with E-state index in [2.05, 4.69) is 9.88 Å². The smallest absolute Gasteiger partial charge is 0.178 e. The molecule has 1 aliphatic rings. The maximum atomic E-state index is 11.1. The second kappa shape index (κ2) is 4.61. The summed E-state index contributed by atoms with van der Waals surface area (Å²) in [6.45, 7) is 3.12. The van der Waals surface area contributed by atoms with E-state index in [1.54, 1.807) is 12.3 Å². The summed E-state index contributed by atoms with van der Waals surface area (Å²) in [6, 6.07) is 4.12. The molecule has 4 heteroatoms. The molecule has 0 aliphatic carbocycles. The number of anilines is 1. The van der Waals surface area contributed by atoms with Crippen molar-refractivity contribution in [1.29, 1.82) is 0 Å². The van der Waals surface area contributed by atoms with Crippen molar-refractivity contribution in [2.24, 2.45) is 0 Å². The summed E-state index contributed by atoms with van der Waals surface area (Å²) in [5, 5.41) is 0. The highest BCUT2D eigenvalue weighted by Crippen LogP contribution is 2.19. The molecule has 4 nitrogen and oxygen atoms in total. The zero-order chi connectivity index (χ0) is 11.5. The molecule has 0 bridgehead atoms. The summed E-state index contributed by atoms with van der Waals surface area (Å²) in [6.07, 6.45) is 2.79. The third kappa shape index (κ3) is 2.22. The molecular formula is C12H16N2O2. The fourth-order valence-corrected chi connectivity index (χ4v) is 1.84. The number of nitrogens with zero attached hydrogens (tertiary/aromatic N) is 2. The molecule has 0 N–H and O–H groups in total. The fraction of sp³-hybridized carbons (Fsp3) is 0.500. The van der Waals surface area contributed by atoms with E-state index in [0.717, 1.165) is 25.3 Å². The minimum Gasteiger partial charge on any atom is -0.379 e. The molecule has 1 saturated heterocycles. The van der Waals surface area contributed by atoms with Crippen LogP contribution in [0.2, 0.25) is 0 Å². The number of carbonyl (C=O) groups excluding carboxylic acids is 1. The first-order chi connectivity index (χ1) is 7.68. The molecule has 0 spiro atoms. The first-order valence-electron chi connectivity index (χ1n) is 5.46. The lowest BCUT2D eigenvalue weighted by molar-refractivity contribution is 0.101. The second-order valence-electron chi connectivity index (χ2n) is 4.09. The lowest BCUT2D eigenvalue weighted by Gasteiger charge is -2.24. The summed E-state index contributed by atoms with van der Waals surface area (Å²) >= 11 is 0.